The molecule has 1 N–H and O–H groups in total. The average molecular weight is 377 g/mol. The van der Waals surface area contributed by atoms with Crippen molar-refractivity contribution in [3.8, 4) is 11.3 Å². The average Bonchev–Trinajstić information content (AvgIpc) is 2.76. The molecule has 144 valence electrons. The Morgan fingerprint density at radius 3 is 2.36 bits per heavy atom. The lowest BCUT2D eigenvalue weighted by atomic mass is 10.1. The second-order valence-electron chi connectivity index (χ2n) is 6.83. The molecule has 0 bridgehead atoms. The van der Waals surface area contributed by atoms with E-state index in [-0.39, 0.29) is 5.82 Å². The van der Waals surface area contributed by atoms with E-state index in [4.69, 9.17) is 4.98 Å². The van der Waals surface area contributed by atoms with Crippen LogP contribution >= 0.6 is 0 Å². The van der Waals surface area contributed by atoms with Crippen molar-refractivity contribution in [2.24, 2.45) is 0 Å². The SMILES string of the molecule is CCN1CCN(c2nc(Nc3ccccc3F)cc(-c3ccccc3)n2)CC1. The van der Waals surface area contributed by atoms with Gasteiger partial charge in [0.1, 0.15) is 11.6 Å². The second kappa shape index (κ2) is 8.35. The third kappa shape index (κ3) is 4.12. The smallest absolute Gasteiger partial charge is 0.227 e. The Kier molecular flexibility index (Phi) is 5.48. The van der Waals surface area contributed by atoms with Gasteiger partial charge in [-0.1, -0.05) is 49.4 Å². The standard InChI is InChI=1S/C22H24FN5/c1-2-27-12-14-28(15-13-27)22-25-20(17-8-4-3-5-9-17)16-21(26-22)24-19-11-7-6-10-18(19)23/h3-11,16H,2,12-15H2,1H3,(H,24,25,26). The van der Waals surface area contributed by atoms with Crippen molar-refractivity contribution in [1.82, 2.24) is 14.9 Å². The largest absolute Gasteiger partial charge is 0.338 e. The first kappa shape index (κ1) is 18.4. The predicted octanol–water partition coefficient (Wildman–Crippen LogP) is 4.17. The Bertz CT molecular complexity index is 923. The highest BCUT2D eigenvalue weighted by molar-refractivity contribution is 5.67. The zero-order chi connectivity index (χ0) is 19.3. The number of benzene rings is 2. The van der Waals surface area contributed by atoms with Crippen LogP contribution in [0.2, 0.25) is 0 Å². The minimum absolute atomic E-state index is 0.305. The molecule has 0 amide bonds. The number of likely N-dealkylation sites (N-methyl/N-ethyl adjacent to an activating group) is 1. The highest BCUT2D eigenvalue weighted by atomic mass is 19.1. The molecule has 0 radical (unpaired) electrons. The van der Waals surface area contributed by atoms with Crippen LogP contribution in [0.15, 0.2) is 60.7 Å². The van der Waals surface area contributed by atoms with Crippen molar-refractivity contribution in [2.45, 2.75) is 6.92 Å². The fourth-order valence-electron chi connectivity index (χ4n) is 3.36. The van der Waals surface area contributed by atoms with Gasteiger partial charge in [0, 0.05) is 37.8 Å². The van der Waals surface area contributed by atoms with Crippen molar-refractivity contribution in [1.29, 1.82) is 0 Å². The molecule has 5 nitrogen and oxygen atoms in total. The van der Waals surface area contributed by atoms with E-state index in [9.17, 15) is 4.39 Å². The van der Waals surface area contributed by atoms with Crippen LogP contribution < -0.4 is 10.2 Å². The summed E-state index contributed by atoms with van der Waals surface area (Å²) in [6.07, 6.45) is 0. The molecule has 2 heterocycles. The van der Waals surface area contributed by atoms with Gasteiger partial charge in [0.2, 0.25) is 5.95 Å². The van der Waals surface area contributed by atoms with Gasteiger partial charge < -0.3 is 15.1 Å². The first-order chi connectivity index (χ1) is 13.7. The zero-order valence-electron chi connectivity index (χ0n) is 16.0. The number of piperazine rings is 1. The van der Waals surface area contributed by atoms with Crippen molar-refractivity contribution >= 4 is 17.5 Å². The number of halogens is 1. The van der Waals surface area contributed by atoms with Crippen LogP contribution in [0.1, 0.15) is 6.92 Å². The van der Waals surface area contributed by atoms with Crippen molar-refractivity contribution in [2.75, 3.05) is 42.9 Å². The second-order valence-corrected chi connectivity index (χ2v) is 6.83. The summed E-state index contributed by atoms with van der Waals surface area (Å²) < 4.78 is 14.1. The van der Waals surface area contributed by atoms with Gasteiger partial charge in [-0.15, -0.1) is 0 Å². The van der Waals surface area contributed by atoms with Crippen LogP contribution in [-0.2, 0) is 0 Å². The molecule has 0 saturated carbocycles. The molecular formula is C22H24FN5. The number of nitrogens with one attached hydrogen (secondary N) is 1. The first-order valence-electron chi connectivity index (χ1n) is 9.66. The fourth-order valence-corrected chi connectivity index (χ4v) is 3.36. The molecule has 28 heavy (non-hydrogen) atoms. The van der Waals surface area contributed by atoms with Crippen molar-refractivity contribution in [3.05, 3.63) is 66.5 Å². The molecule has 0 aliphatic carbocycles. The summed E-state index contributed by atoms with van der Waals surface area (Å²) in [5, 5.41) is 3.12. The molecule has 4 rings (SSSR count). The quantitative estimate of drug-likeness (QED) is 0.723. The molecule has 0 spiro atoms. The van der Waals surface area contributed by atoms with Gasteiger partial charge in [-0.3, -0.25) is 0 Å². The molecule has 1 aliphatic rings. The molecule has 0 atom stereocenters. The maximum absolute atomic E-state index is 14.1. The van der Waals surface area contributed by atoms with Crippen LogP contribution in [0.4, 0.5) is 21.8 Å². The zero-order valence-corrected chi connectivity index (χ0v) is 16.0. The molecular weight excluding hydrogens is 353 g/mol. The van der Waals surface area contributed by atoms with Gasteiger partial charge in [-0.05, 0) is 18.7 Å². The number of anilines is 3. The van der Waals surface area contributed by atoms with E-state index in [0.29, 0.717) is 17.5 Å². The Morgan fingerprint density at radius 1 is 0.929 bits per heavy atom. The van der Waals surface area contributed by atoms with E-state index in [0.717, 1.165) is 44.0 Å². The van der Waals surface area contributed by atoms with Crippen LogP contribution in [0.3, 0.4) is 0 Å². The first-order valence-corrected chi connectivity index (χ1v) is 9.66. The highest BCUT2D eigenvalue weighted by Crippen LogP contribution is 2.26. The van der Waals surface area contributed by atoms with Gasteiger partial charge in [0.15, 0.2) is 0 Å². The van der Waals surface area contributed by atoms with Gasteiger partial charge in [0.05, 0.1) is 11.4 Å². The summed E-state index contributed by atoms with van der Waals surface area (Å²) in [5.74, 6) is 0.961. The normalized spacial score (nSPS) is 14.9. The number of nitrogens with zero attached hydrogens (tertiary/aromatic N) is 4. The third-order valence-corrected chi connectivity index (χ3v) is 5.02. The topological polar surface area (TPSA) is 44.3 Å². The minimum atomic E-state index is -0.305. The Morgan fingerprint density at radius 2 is 1.64 bits per heavy atom. The van der Waals surface area contributed by atoms with E-state index < -0.39 is 0 Å². The lowest BCUT2D eigenvalue weighted by Gasteiger charge is -2.34. The van der Waals surface area contributed by atoms with Crippen LogP contribution in [-0.4, -0.2) is 47.6 Å². The van der Waals surface area contributed by atoms with Crippen LogP contribution in [0.25, 0.3) is 11.3 Å². The molecule has 0 unspecified atom stereocenters. The van der Waals surface area contributed by atoms with Gasteiger partial charge in [-0.2, -0.15) is 4.98 Å². The minimum Gasteiger partial charge on any atom is -0.338 e. The Labute approximate surface area is 164 Å². The maximum atomic E-state index is 14.1. The number of aromatic nitrogens is 2. The van der Waals surface area contributed by atoms with Gasteiger partial charge in [0.25, 0.3) is 0 Å². The third-order valence-electron chi connectivity index (χ3n) is 5.02. The van der Waals surface area contributed by atoms with Crippen LogP contribution in [0, 0.1) is 5.82 Å². The maximum Gasteiger partial charge on any atom is 0.227 e. The Hall–Kier alpha value is -2.99. The summed E-state index contributed by atoms with van der Waals surface area (Å²) in [7, 11) is 0. The summed E-state index contributed by atoms with van der Waals surface area (Å²) in [4.78, 5) is 14.1. The molecule has 1 aliphatic heterocycles. The molecule has 3 aromatic rings. The lowest BCUT2D eigenvalue weighted by Crippen LogP contribution is -2.46. The van der Waals surface area contributed by atoms with E-state index in [1.807, 2.05) is 36.4 Å². The van der Waals surface area contributed by atoms with Gasteiger partial charge in [-0.25, -0.2) is 9.37 Å². The number of hydrogen-bond acceptors (Lipinski definition) is 5. The molecule has 1 aromatic heterocycles. The van der Waals surface area contributed by atoms with E-state index >= 15 is 0 Å². The van der Waals surface area contributed by atoms with E-state index in [1.54, 1.807) is 18.2 Å². The summed E-state index contributed by atoms with van der Waals surface area (Å²) >= 11 is 0. The predicted molar refractivity (Wildman–Crippen MR) is 111 cm³/mol. The number of hydrogen-bond donors (Lipinski definition) is 1. The van der Waals surface area contributed by atoms with Gasteiger partial charge >= 0.3 is 0 Å². The fraction of sp³-hybridized carbons (Fsp3) is 0.273. The van der Waals surface area contributed by atoms with Crippen LogP contribution in [0.5, 0.6) is 0 Å². The summed E-state index contributed by atoms with van der Waals surface area (Å²) in [6, 6.07) is 18.5. The molecule has 1 saturated heterocycles. The molecule has 6 heteroatoms. The van der Waals surface area contributed by atoms with Crippen molar-refractivity contribution in [3.63, 3.8) is 0 Å². The lowest BCUT2D eigenvalue weighted by molar-refractivity contribution is 0.270. The van der Waals surface area contributed by atoms with E-state index in [1.165, 1.54) is 6.07 Å². The molecule has 2 aromatic carbocycles. The van der Waals surface area contributed by atoms with E-state index in [2.05, 4.69) is 27.0 Å². The van der Waals surface area contributed by atoms with Crippen molar-refractivity contribution < 1.29 is 4.39 Å². The summed E-state index contributed by atoms with van der Waals surface area (Å²) in [6.45, 7) is 6.98. The number of rotatable bonds is 5. The molecule has 1 fully saturated rings. The number of para-hydroxylation sites is 1. The Balaban J connectivity index is 1.68. The monoisotopic (exact) mass is 377 g/mol. The highest BCUT2D eigenvalue weighted by Gasteiger charge is 2.19. The summed E-state index contributed by atoms with van der Waals surface area (Å²) in [5.41, 5.74) is 2.24.